The summed E-state index contributed by atoms with van der Waals surface area (Å²) >= 11 is 0. The van der Waals surface area contributed by atoms with E-state index >= 15 is 0 Å². The minimum absolute atomic E-state index is 0.0391. The van der Waals surface area contributed by atoms with Gasteiger partial charge in [0.05, 0.1) is 0 Å². The normalized spacial score (nSPS) is 32.1. The molecule has 0 aromatic heterocycles. The molecule has 0 radical (unpaired) electrons. The van der Waals surface area contributed by atoms with Gasteiger partial charge in [0.25, 0.3) is 0 Å². The van der Waals surface area contributed by atoms with Crippen molar-refractivity contribution in [1.82, 2.24) is 0 Å². The lowest BCUT2D eigenvalue weighted by molar-refractivity contribution is 0.497. The van der Waals surface area contributed by atoms with E-state index in [-0.39, 0.29) is 6.04 Å². The molecule has 0 saturated heterocycles. The van der Waals surface area contributed by atoms with Gasteiger partial charge in [0, 0.05) is 0 Å². The average Bonchev–Trinajstić information content (AvgIpc) is 2.05. The Morgan fingerprint density at radius 1 is 1.50 bits per heavy atom. The van der Waals surface area contributed by atoms with Crippen LogP contribution >= 0.6 is 0 Å². The van der Waals surface area contributed by atoms with Crippen molar-refractivity contribution in [3.63, 3.8) is 0 Å². The summed E-state index contributed by atoms with van der Waals surface area (Å²) in [4.78, 5) is 10.1. The monoisotopic (exact) mass is 139 g/mol. The fraction of sp³-hybridized carbons (Fsp3) is 0.750. The molecule has 0 bridgehead atoms. The van der Waals surface area contributed by atoms with Gasteiger partial charge in [-0.15, -0.1) is 0 Å². The van der Waals surface area contributed by atoms with Crippen LogP contribution in [0.4, 0.5) is 0 Å². The molecule has 0 fully saturated rings. The Morgan fingerprint density at radius 3 is 2.70 bits per heavy atom. The second-order valence-electron chi connectivity index (χ2n) is 2.80. The lowest BCUT2D eigenvalue weighted by Gasteiger charge is -2.16. The summed E-state index contributed by atoms with van der Waals surface area (Å²) < 4.78 is 0. The lowest BCUT2D eigenvalue weighted by atomic mass is 9.91. The van der Waals surface area contributed by atoms with Gasteiger partial charge in [0.15, 0.2) is 0 Å². The highest BCUT2D eigenvalue weighted by Crippen LogP contribution is 2.21. The van der Waals surface area contributed by atoms with Crippen LogP contribution in [0.5, 0.6) is 0 Å². The molecular formula is C8H13NO. The van der Waals surface area contributed by atoms with Crippen molar-refractivity contribution in [2.45, 2.75) is 32.2 Å². The highest BCUT2D eigenvalue weighted by Gasteiger charge is 2.13. The molecule has 0 amide bonds. The number of nitroso groups, excluding NO2 is 1. The predicted molar refractivity (Wildman–Crippen MR) is 41.7 cm³/mol. The number of hydrogen-bond donors (Lipinski definition) is 0. The third kappa shape index (κ3) is 1.66. The van der Waals surface area contributed by atoms with Crippen molar-refractivity contribution in [3.8, 4) is 0 Å². The third-order valence-electron chi connectivity index (χ3n) is 2.10. The maximum Gasteiger partial charge on any atom is 0.110 e. The van der Waals surface area contributed by atoms with Crippen LogP contribution in [0.1, 0.15) is 26.2 Å². The van der Waals surface area contributed by atoms with Gasteiger partial charge in [-0.1, -0.05) is 24.3 Å². The van der Waals surface area contributed by atoms with Crippen molar-refractivity contribution in [2.24, 2.45) is 11.1 Å². The topological polar surface area (TPSA) is 29.4 Å². The van der Waals surface area contributed by atoms with Crippen LogP contribution in [0.3, 0.4) is 0 Å². The summed E-state index contributed by atoms with van der Waals surface area (Å²) in [6.45, 7) is 2.17. The number of allylic oxidation sites excluding steroid dienone is 1. The molecule has 1 rings (SSSR count). The van der Waals surface area contributed by atoms with Gasteiger partial charge in [-0.3, -0.25) is 0 Å². The molecule has 0 spiro atoms. The van der Waals surface area contributed by atoms with E-state index in [9.17, 15) is 4.91 Å². The van der Waals surface area contributed by atoms with Crippen molar-refractivity contribution in [3.05, 3.63) is 17.1 Å². The summed E-state index contributed by atoms with van der Waals surface area (Å²) in [5.74, 6) is 0.693. The third-order valence-corrected chi connectivity index (χ3v) is 2.10. The van der Waals surface area contributed by atoms with Crippen molar-refractivity contribution in [2.75, 3.05) is 0 Å². The first-order chi connectivity index (χ1) is 4.86. The fourth-order valence-corrected chi connectivity index (χ4v) is 1.29. The summed E-state index contributed by atoms with van der Waals surface area (Å²) in [5.41, 5.74) is 0. The van der Waals surface area contributed by atoms with Gasteiger partial charge >= 0.3 is 0 Å². The zero-order valence-corrected chi connectivity index (χ0v) is 6.29. The molecule has 0 saturated carbocycles. The Kier molecular flexibility index (Phi) is 2.60. The fourth-order valence-electron chi connectivity index (χ4n) is 1.29. The first kappa shape index (κ1) is 7.45. The molecule has 2 heteroatoms. The van der Waals surface area contributed by atoms with Crippen molar-refractivity contribution in [1.29, 1.82) is 0 Å². The maximum absolute atomic E-state index is 10.1. The minimum Gasteiger partial charge on any atom is -0.150 e. The van der Waals surface area contributed by atoms with E-state index in [1.807, 2.05) is 6.08 Å². The van der Waals surface area contributed by atoms with E-state index in [0.717, 1.165) is 12.8 Å². The summed E-state index contributed by atoms with van der Waals surface area (Å²) in [7, 11) is 0. The molecule has 2 nitrogen and oxygen atoms in total. The summed E-state index contributed by atoms with van der Waals surface area (Å²) in [6.07, 6.45) is 7.31. The highest BCUT2D eigenvalue weighted by molar-refractivity contribution is 5.01. The van der Waals surface area contributed by atoms with Gasteiger partial charge in [-0.2, -0.15) is 4.91 Å². The average molecular weight is 139 g/mol. The van der Waals surface area contributed by atoms with Gasteiger partial charge in [-0.25, -0.2) is 0 Å². The van der Waals surface area contributed by atoms with Crippen LogP contribution in [-0.4, -0.2) is 6.04 Å². The molecule has 10 heavy (non-hydrogen) atoms. The van der Waals surface area contributed by atoms with Crippen LogP contribution in [0, 0.1) is 10.8 Å². The molecule has 0 aromatic rings. The molecule has 1 aliphatic carbocycles. The van der Waals surface area contributed by atoms with Crippen LogP contribution in [0.15, 0.2) is 17.3 Å². The first-order valence-corrected chi connectivity index (χ1v) is 3.87. The van der Waals surface area contributed by atoms with Crippen molar-refractivity contribution < 1.29 is 0 Å². The molecular weight excluding hydrogens is 126 g/mol. The first-order valence-electron chi connectivity index (χ1n) is 3.87. The minimum atomic E-state index is -0.0391. The molecule has 0 aliphatic heterocycles. The largest absolute Gasteiger partial charge is 0.150 e. The SMILES string of the molecule is CCC1C=CC(N=O)CC1. The van der Waals surface area contributed by atoms with Gasteiger partial charge in [0.2, 0.25) is 0 Å². The quantitative estimate of drug-likeness (QED) is 0.427. The summed E-state index contributed by atoms with van der Waals surface area (Å²) in [6, 6.07) is -0.0391. The Morgan fingerprint density at radius 2 is 2.30 bits per heavy atom. The number of nitrogens with zero attached hydrogens (tertiary/aromatic N) is 1. The van der Waals surface area contributed by atoms with Crippen molar-refractivity contribution >= 4 is 0 Å². The van der Waals surface area contributed by atoms with E-state index in [2.05, 4.69) is 18.2 Å². The second-order valence-corrected chi connectivity index (χ2v) is 2.80. The maximum atomic E-state index is 10.1. The predicted octanol–water partition coefficient (Wildman–Crippen LogP) is 2.50. The summed E-state index contributed by atoms with van der Waals surface area (Å²) in [5, 5.41) is 2.98. The van der Waals surface area contributed by atoms with Crippen LogP contribution < -0.4 is 0 Å². The molecule has 0 N–H and O–H groups in total. The molecule has 1 aliphatic rings. The molecule has 2 unspecified atom stereocenters. The van der Waals surface area contributed by atoms with Gasteiger partial charge < -0.3 is 0 Å². The van der Waals surface area contributed by atoms with E-state index in [1.54, 1.807) is 0 Å². The highest BCUT2D eigenvalue weighted by atomic mass is 16.3. The number of rotatable bonds is 2. The van der Waals surface area contributed by atoms with E-state index < -0.39 is 0 Å². The second kappa shape index (κ2) is 3.49. The van der Waals surface area contributed by atoms with Gasteiger partial charge in [-0.05, 0) is 25.2 Å². The van der Waals surface area contributed by atoms with E-state index in [0.29, 0.717) is 5.92 Å². The Bertz CT molecular complexity index is 142. The van der Waals surface area contributed by atoms with Gasteiger partial charge in [0.1, 0.15) is 6.04 Å². The zero-order chi connectivity index (χ0) is 7.40. The van der Waals surface area contributed by atoms with Crippen LogP contribution in [0.2, 0.25) is 0 Å². The molecule has 56 valence electrons. The Hall–Kier alpha value is -0.660. The Balaban J connectivity index is 2.43. The van der Waals surface area contributed by atoms with E-state index in [1.165, 1.54) is 6.42 Å². The van der Waals surface area contributed by atoms with E-state index in [4.69, 9.17) is 0 Å². The molecule has 2 atom stereocenters. The standard InChI is InChI=1S/C8H13NO/c1-2-7-3-5-8(9-10)6-4-7/h3,5,7-8H,2,4,6H2,1H3. The molecule has 0 heterocycles. The zero-order valence-electron chi connectivity index (χ0n) is 6.29. The lowest BCUT2D eigenvalue weighted by Crippen LogP contribution is -2.09. The number of hydrogen-bond acceptors (Lipinski definition) is 2. The molecule has 0 aromatic carbocycles. The van der Waals surface area contributed by atoms with Crippen LogP contribution in [-0.2, 0) is 0 Å². The van der Waals surface area contributed by atoms with Crippen LogP contribution in [0.25, 0.3) is 0 Å². The smallest absolute Gasteiger partial charge is 0.110 e. The Labute approximate surface area is 61.3 Å².